The third kappa shape index (κ3) is 2.83. The van der Waals surface area contributed by atoms with Crippen molar-refractivity contribution in [2.24, 2.45) is 0 Å². The first kappa shape index (κ1) is 16.5. The first-order valence-electron chi connectivity index (χ1n) is 9.08. The van der Waals surface area contributed by atoms with Crippen LogP contribution in [0.4, 0.5) is 0 Å². The van der Waals surface area contributed by atoms with Crippen LogP contribution in [0.3, 0.4) is 0 Å². The van der Waals surface area contributed by atoms with Crippen LogP contribution in [0.2, 0.25) is 0 Å². The molecule has 0 nitrogen and oxygen atoms in total. The molecule has 0 aliphatic carbocycles. The summed E-state index contributed by atoms with van der Waals surface area (Å²) >= 11 is 2.48. The Balaban J connectivity index is 1.98. The van der Waals surface area contributed by atoms with E-state index in [1.54, 1.807) is 0 Å². The first-order valence-corrected chi connectivity index (χ1v) is 10.2. The summed E-state index contributed by atoms with van der Waals surface area (Å²) in [5.74, 6) is 0. The molecule has 0 aliphatic rings. The molecule has 0 bridgehead atoms. The molecule has 0 amide bonds. The van der Waals surface area contributed by atoms with Gasteiger partial charge in [-0.25, -0.2) is 0 Å². The van der Waals surface area contributed by atoms with Crippen molar-refractivity contribution < 1.29 is 0 Å². The van der Waals surface area contributed by atoms with Gasteiger partial charge in [-0.15, -0.1) is 0 Å². The van der Waals surface area contributed by atoms with Crippen molar-refractivity contribution in [3.8, 4) is 22.3 Å². The highest BCUT2D eigenvalue weighted by Gasteiger charge is 2.16. The van der Waals surface area contributed by atoms with E-state index >= 15 is 0 Å². The predicted octanol–water partition coefficient (Wildman–Crippen LogP) is 7.93. The SMILES string of the molecule is Ic1ccc2ccccc2c1-c1c(-c2ccccc2)ccc2ccccc12. The molecular formula is C26H17I. The fraction of sp³-hybridized carbons (Fsp3) is 0. The lowest BCUT2D eigenvalue weighted by Crippen LogP contribution is -1.92. The maximum atomic E-state index is 2.48. The molecule has 0 atom stereocenters. The lowest BCUT2D eigenvalue weighted by molar-refractivity contribution is 1.61. The van der Waals surface area contributed by atoms with Crippen LogP contribution in [0.25, 0.3) is 43.8 Å². The molecule has 0 heterocycles. The van der Waals surface area contributed by atoms with Gasteiger partial charge in [-0.1, -0.05) is 97.1 Å². The van der Waals surface area contributed by atoms with Gasteiger partial charge in [-0.05, 0) is 66.9 Å². The van der Waals surface area contributed by atoms with Gasteiger partial charge in [0.05, 0.1) is 0 Å². The van der Waals surface area contributed by atoms with Crippen molar-refractivity contribution in [3.63, 3.8) is 0 Å². The highest BCUT2D eigenvalue weighted by Crippen LogP contribution is 2.43. The number of fused-ring (bicyclic) bond motifs is 2. The number of hydrogen-bond acceptors (Lipinski definition) is 0. The third-order valence-corrected chi connectivity index (χ3v) is 6.04. The Kier molecular flexibility index (Phi) is 4.17. The van der Waals surface area contributed by atoms with Crippen LogP contribution in [0.15, 0.2) is 103 Å². The van der Waals surface area contributed by atoms with Crippen molar-refractivity contribution >= 4 is 44.1 Å². The second-order valence-electron chi connectivity index (χ2n) is 6.72. The van der Waals surface area contributed by atoms with E-state index in [2.05, 4.69) is 126 Å². The molecule has 0 saturated heterocycles. The van der Waals surface area contributed by atoms with Gasteiger partial charge >= 0.3 is 0 Å². The predicted molar refractivity (Wildman–Crippen MR) is 125 cm³/mol. The van der Waals surface area contributed by atoms with Crippen molar-refractivity contribution in [2.45, 2.75) is 0 Å². The molecular weight excluding hydrogens is 439 g/mol. The highest BCUT2D eigenvalue weighted by atomic mass is 127. The van der Waals surface area contributed by atoms with Gasteiger partial charge in [0.15, 0.2) is 0 Å². The van der Waals surface area contributed by atoms with Crippen molar-refractivity contribution in [3.05, 3.63) is 107 Å². The van der Waals surface area contributed by atoms with Crippen LogP contribution < -0.4 is 0 Å². The topological polar surface area (TPSA) is 0 Å². The van der Waals surface area contributed by atoms with E-state index in [1.165, 1.54) is 47.4 Å². The standard InChI is InChI=1S/C26H17I/c27-24-17-15-20-11-5-7-13-22(20)26(24)25-21-12-6-4-10-19(21)14-16-23(25)18-8-2-1-3-9-18/h1-17H. The normalized spacial score (nSPS) is 11.1. The molecule has 0 saturated carbocycles. The fourth-order valence-electron chi connectivity index (χ4n) is 3.90. The number of hydrogen-bond donors (Lipinski definition) is 0. The summed E-state index contributed by atoms with van der Waals surface area (Å²) in [7, 11) is 0. The number of halogens is 1. The third-order valence-electron chi connectivity index (χ3n) is 5.14. The molecule has 128 valence electrons. The molecule has 5 aromatic carbocycles. The molecule has 0 radical (unpaired) electrons. The quantitative estimate of drug-likeness (QED) is 0.237. The van der Waals surface area contributed by atoms with Crippen molar-refractivity contribution in [1.82, 2.24) is 0 Å². The summed E-state index contributed by atoms with van der Waals surface area (Å²) in [4.78, 5) is 0. The second-order valence-corrected chi connectivity index (χ2v) is 7.88. The zero-order valence-corrected chi connectivity index (χ0v) is 16.9. The summed E-state index contributed by atoms with van der Waals surface area (Å²) in [6.45, 7) is 0. The van der Waals surface area contributed by atoms with E-state index in [-0.39, 0.29) is 0 Å². The van der Waals surface area contributed by atoms with Gasteiger partial charge in [0.2, 0.25) is 0 Å². The molecule has 1 heteroatoms. The van der Waals surface area contributed by atoms with E-state index < -0.39 is 0 Å². The van der Waals surface area contributed by atoms with Crippen molar-refractivity contribution in [1.29, 1.82) is 0 Å². The molecule has 0 unspecified atom stereocenters. The fourth-order valence-corrected chi connectivity index (χ4v) is 4.64. The van der Waals surface area contributed by atoms with Crippen molar-refractivity contribution in [2.75, 3.05) is 0 Å². The Morgan fingerprint density at radius 2 is 1.00 bits per heavy atom. The summed E-state index contributed by atoms with van der Waals surface area (Å²) < 4.78 is 1.28. The molecule has 0 aliphatic heterocycles. The Morgan fingerprint density at radius 1 is 0.444 bits per heavy atom. The van der Waals surface area contributed by atoms with Gasteiger partial charge in [-0.3, -0.25) is 0 Å². The lowest BCUT2D eigenvalue weighted by atomic mass is 9.87. The van der Waals surface area contributed by atoms with Gasteiger partial charge in [0, 0.05) is 9.13 Å². The zero-order chi connectivity index (χ0) is 18.2. The average molecular weight is 456 g/mol. The van der Waals surface area contributed by atoms with Crippen LogP contribution >= 0.6 is 22.6 Å². The Labute approximate surface area is 172 Å². The largest absolute Gasteiger partial charge is 0.0622 e. The van der Waals surface area contributed by atoms with Crippen LogP contribution in [-0.4, -0.2) is 0 Å². The van der Waals surface area contributed by atoms with Gasteiger partial charge in [0.25, 0.3) is 0 Å². The summed E-state index contributed by atoms with van der Waals surface area (Å²) in [5, 5.41) is 5.15. The summed E-state index contributed by atoms with van der Waals surface area (Å²) in [6.07, 6.45) is 0. The Bertz CT molecular complexity index is 1270. The lowest BCUT2D eigenvalue weighted by Gasteiger charge is -2.17. The van der Waals surface area contributed by atoms with E-state index in [4.69, 9.17) is 0 Å². The van der Waals surface area contributed by atoms with E-state index in [0.717, 1.165) is 0 Å². The highest BCUT2D eigenvalue weighted by molar-refractivity contribution is 14.1. The van der Waals surface area contributed by atoms with E-state index in [0.29, 0.717) is 0 Å². The van der Waals surface area contributed by atoms with Crippen LogP contribution in [0, 0.1) is 3.57 Å². The van der Waals surface area contributed by atoms with E-state index in [9.17, 15) is 0 Å². The molecule has 0 aromatic heterocycles. The zero-order valence-electron chi connectivity index (χ0n) is 14.7. The second kappa shape index (κ2) is 6.82. The molecule has 0 N–H and O–H groups in total. The molecule has 5 aromatic rings. The Hall–Kier alpha value is -2.65. The summed E-state index contributed by atoms with van der Waals surface area (Å²) in [6, 6.07) is 37.0. The average Bonchev–Trinajstić information content (AvgIpc) is 2.74. The molecule has 0 fully saturated rings. The summed E-state index contributed by atoms with van der Waals surface area (Å²) in [5.41, 5.74) is 5.18. The van der Waals surface area contributed by atoms with Crippen LogP contribution in [0.1, 0.15) is 0 Å². The smallest absolute Gasteiger partial charge is 0.0215 e. The van der Waals surface area contributed by atoms with Crippen LogP contribution in [0.5, 0.6) is 0 Å². The minimum atomic E-state index is 1.25. The monoisotopic (exact) mass is 456 g/mol. The number of rotatable bonds is 2. The molecule has 27 heavy (non-hydrogen) atoms. The van der Waals surface area contributed by atoms with Gasteiger partial charge < -0.3 is 0 Å². The minimum absolute atomic E-state index is 1.25. The van der Waals surface area contributed by atoms with Gasteiger partial charge in [0.1, 0.15) is 0 Å². The maximum absolute atomic E-state index is 2.48. The first-order chi connectivity index (χ1) is 13.3. The molecule has 5 rings (SSSR count). The van der Waals surface area contributed by atoms with Gasteiger partial charge in [-0.2, -0.15) is 0 Å². The maximum Gasteiger partial charge on any atom is 0.0215 e. The Morgan fingerprint density at radius 3 is 1.70 bits per heavy atom. The van der Waals surface area contributed by atoms with E-state index in [1.807, 2.05) is 0 Å². The van der Waals surface area contributed by atoms with Crippen LogP contribution in [-0.2, 0) is 0 Å². The molecule has 0 spiro atoms. The number of benzene rings is 5. The minimum Gasteiger partial charge on any atom is -0.0622 e.